The molecule has 2 fully saturated rings. The molecule has 2 aliphatic carbocycles. The van der Waals surface area contributed by atoms with Crippen LogP contribution in [0.2, 0.25) is 0 Å². The molecule has 0 unspecified atom stereocenters. The highest BCUT2D eigenvalue weighted by molar-refractivity contribution is 7.67. The van der Waals surface area contributed by atoms with Gasteiger partial charge in [0.1, 0.15) is 0 Å². The van der Waals surface area contributed by atoms with E-state index in [1.54, 1.807) is 0 Å². The minimum Gasteiger partial charge on any atom is -0.435 e. The predicted molar refractivity (Wildman–Crippen MR) is 103 cm³/mol. The first-order chi connectivity index (χ1) is 10.9. The number of hydrogen-bond acceptors (Lipinski definition) is 2. The van der Waals surface area contributed by atoms with Gasteiger partial charge in [0, 0.05) is 6.92 Å². The zero-order valence-electron chi connectivity index (χ0n) is 15.0. The fourth-order valence-electron chi connectivity index (χ4n) is 5.26. The Kier molecular flexibility index (Phi) is 5.60. The first kappa shape index (κ1) is 17.9. The van der Waals surface area contributed by atoms with Gasteiger partial charge in [-0.2, -0.15) is 0 Å². The molecular weight excluding hydrogens is 327 g/mol. The Balaban J connectivity index is 1.95. The lowest BCUT2D eigenvalue weighted by Gasteiger charge is -2.38. The van der Waals surface area contributed by atoms with Crippen LogP contribution in [0, 0.1) is 0 Å². The van der Waals surface area contributed by atoms with Gasteiger partial charge in [-0.1, -0.05) is 12.8 Å². The van der Waals surface area contributed by atoms with Crippen LogP contribution >= 0.6 is 22.9 Å². The van der Waals surface area contributed by atoms with Crippen LogP contribution in [-0.2, 0) is 0 Å². The monoisotopic (exact) mass is 357 g/mol. The molecule has 0 bridgehead atoms. The van der Waals surface area contributed by atoms with E-state index in [0.29, 0.717) is 12.1 Å². The fourth-order valence-corrected chi connectivity index (χ4v) is 6.56. The third kappa shape index (κ3) is 3.30. The lowest BCUT2D eigenvalue weighted by molar-refractivity contribution is -0.441. The standard InChI is InChI=1S/C16H31B2Cl2N3/c1-14-22(15-10-6-4-7-11-15)17(21(2)3)18(19,20)23(14)16-12-8-5-9-13-16/h15-16H,4-13H2,1-3H3. The molecule has 0 spiro atoms. The highest BCUT2D eigenvalue weighted by atomic mass is 35.5. The summed E-state index contributed by atoms with van der Waals surface area (Å²) in [6, 6.07) is 1.12. The van der Waals surface area contributed by atoms with Crippen LogP contribution in [0.4, 0.5) is 0 Å². The van der Waals surface area contributed by atoms with Gasteiger partial charge in [0.15, 0.2) is 5.84 Å². The molecule has 1 aliphatic heterocycles. The van der Waals surface area contributed by atoms with Crippen molar-refractivity contribution < 1.29 is 4.49 Å². The summed E-state index contributed by atoms with van der Waals surface area (Å²) in [7, 11) is 4.25. The predicted octanol–water partition coefficient (Wildman–Crippen LogP) is 3.94. The van der Waals surface area contributed by atoms with Gasteiger partial charge in [-0.05, 0) is 65.5 Å². The van der Waals surface area contributed by atoms with Gasteiger partial charge in [-0.15, -0.1) is 0 Å². The van der Waals surface area contributed by atoms with Gasteiger partial charge in [-0.3, -0.25) is 0 Å². The van der Waals surface area contributed by atoms with E-state index in [0.717, 1.165) is 0 Å². The van der Waals surface area contributed by atoms with Crippen molar-refractivity contribution in [2.45, 2.75) is 83.2 Å². The van der Waals surface area contributed by atoms with Gasteiger partial charge in [0.2, 0.25) is 0 Å². The van der Waals surface area contributed by atoms with Gasteiger partial charge >= 0.3 is 11.9 Å². The normalized spacial score (nSPS) is 27.4. The average molecular weight is 358 g/mol. The summed E-state index contributed by atoms with van der Waals surface area (Å²) < 4.78 is 2.42. The first-order valence-electron chi connectivity index (χ1n) is 9.54. The minimum absolute atomic E-state index is 0.100. The van der Waals surface area contributed by atoms with Crippen molar-refractivity contribution in [2.75, 3.05) is 14.1 Å². The number of amidine groups is 1. The Morgan fingerprint density at radius 3 is 2.04 bits per heavy atom. The van der Waals surface area contributed by atoms with Gasteiger partial charge in [0.25, 0.3) is 0 Å². The molecule has 23 heavy (non-hydrogen) atoms. The lowest BCUT2D eigenvalue weighted by atomic mass is 9.39. The number of rotatable bonds is 3. The lowest BCUT2D eigenvalue weighted by Crippen LogP contribution is -2.64. The molecule has 3 aliphatic rings. The van der Waals surface area contributed by atoms with Crippen LogP contribution in [0.25, 0.3) is 0 Å². The molecule has 7 heteroatoms. The summed E-state index contributed by atoms with van der Waals surface area (Å²) in [5.41, 5.74) is 0. The second-order valence-electron chi connectivity index (χ2n) is 8.00. The maximum absolute atomic E-state index is 7.09. The molecule has 0 aromatic carbocycles. The maximum Gasteiger partial charge on any atom is 0.389 e. The van der Waals surface area contributed by atoms with Crippen LogP contribution in [0.15, 0.2) is 0 Å². The SMILES string of the molecule is CC1=[N+](C2CCCCC2)[B-](Cl)(Cl)B(N(C)C)N1C1CCCCC1. The zero-order valence-corrected chi connectivity index (χ0v) is 16.5. The minimum atomic E-state index is -1.62. The van der Waals surface area contributed by atoms with Crippen LogP contribution < -0.4 is 0 Å². The molecule has 0 aromatic heterocycles. The fraction of sp³-hybridized carbons (Fsp3) is 0.938. The zero-order chi connectivity index (χ0) is 16.6. The molecule has 0 N–H and O–H groups in total. The summed E-state index contributed by atoms with van der Waals surface area (Å²) in [4.78, 5) is 4.81. The van der Waals surface area contributed by atoms with Gasteiger partial charge < -0.3 is 37.0 Å². The van der Waals surface area contributed by atoms with E-state index in [4.69, 9.17) is 22.9 Å². The second-order valence-corrected chi connectivity index (χ2v) is 9.56. The molecular formula is C16H31B2Cl2N3. The van der Waals surface area contributed by atoms with E-state index in [9.17, 15) is 0 Å². The van der Waals surface area contributed by atoms with Crippen LogP contribution in [-0.4, -0.2) is 58.0 Å². The Morgan fingerprint density at radius 1 is 1.00 bits per heavy atom. The largest absolute Gasteiger partial charge is 0.435 e. The molecule has 3 nitrogen and oxygen atoms in total. The van der Waals surface area contributed by atoms with Crippen LogP contribution in [0.3, 0.4) is 0 Å². The highest BCUT2D eigenvalue weighted by Crippen LogP contribution is 2.38. The highest BCUT2D eigenvalue weighted by Gasteiger charge is 2.60. The van der Waals surface area contributed by atoms with E-state index in [2.05, 4.69) is 35.1 Å². The van der Waals surface area contributed by atoms with Gasteiger partial charge in [-0.25, -0.2) is 0 Å². The molecule has 0 radical (unpaired) electrons. The summed E-state index contributed by atoms with van der Waals surface area (Å²) >= 11 is 14.2. The Bertz CT molecular complexity index is 458. The second kappa shape index (κ2) is 7.17. The van der Waals surface area contributed by atoms with Crippen molar-refractivity contribution in [1.82, 2.24) is 9.62 Å². The summed E-state index contributed by atoms with van der Waals surface area (Å²) in [5.74, 6) is 1.33. The third-order valence-electron chi connectivity index (χ3n) is 6.23. The molecule has 0 amide bonds. The number of hydrogen-bond donors (Lipinski definition) is 0. The van der Waals surface area contributed by atoms with Gasteiger partial charge in [0.05, 0.1) is 12.1 Å². The molecule has 0 atom stereocenters. The van der Waals surface area contributed by atoms with Crippen molar-refractivity contribution in [3.8, 4) is 0 Å². The van der Waals surface area contributed by atoms with Crippen molar-refractivity contribution in [3.63, 3.8) is 0 Å². The molecule has 2 saturated carbocycles. The molecule has 1 heterocycles. The van der Waals surface area contributed by atoms with Crippen molar-refractivity contribution in [1.29, 1.82) is 0 Å². The van der Waals surface area contributed by atoms with E-state index in [1.165, 1.54) is 70.0 Å². The Morgan fingerprint density at radius 2 is 1.52 bits per heavy atom. The molecule has 130 valence electrons. The van der Waals surface area contributed by atoms with E-state index < -0.39 is 5.00 Å². The Labute approximate surface area is 152 Å². The quantitative estimate of drug-likeness (QED) is 0.707. The van der Waals surface area contributed by atoms with Crippen molar-refractivity contribution in [3.05, 3.63) is 0 Å². The molecule has 0 saturated heterocycles. The molecule has 3 rings (SSSR count). The maximum atomic E-state index is 7.09. The summed E-state index contributed by atoms with van der Waals surface area (Å²) in [6.45, 7) is 2.36. The summed E-state index contributed by atoms with van der Waals surface area (Å²) in [5, 5.41) is -1.62. The first-order valence-corrected chi connectivity index (χ1v) is 10.4. The van der Waals surface area contributed by atoms with Crippen molar-refractivity contribution >= 4 is 40.6 Å². The van der Waals surface area contributed by atoms with Crippen molar-refractivity contribution in [2.24, 2.45) is 0 Å². The smallest absolute Gasteiger partial charge is 0.389 e. The summed E-state index contributed by atoms with van der Waals surface area (Å²) in [6.07, 6.45) is 13.1. The topological polar surface area (TPSA) is 9.49 Å². The van der Waals surface area contributed by atoms with Crippen LogP contribution in [0.5, 0.6) is 0 Å². The Hall–Kier alpha value is 0.140. The van der Waals surface area contributed by atoms with E-state index in [-0.39, 0.29) is 6.87 Å². The van der Waals surface area contributed by atoms with Crippen LogP contribution in [0.1, 0.15) is 71.1 Å². The number of halogens is 2. The average Bonchev–Trinajstić information content (AvgIpc) is 2.75. The molecule has 0 aromatic rings. The number of nitrogens with zero attached hydrogens (tertiary/aromatic N) is 3. The third-order valence-corrected chi connectivity index (χ3v) is 7.10. The van der Waals surface area contributed by atoms with E-state index in [1.807, 2.05) is 0 Å². The van der Waals surface area contributed by atoms with E-state index >= 15 is 0 Å².